The van der Waals surface area contributed by atoms with Crippen molar-refractivity contribution in [2.24, 2.45) is 35.1 Å². The molecule has 4 bridgehead atoms. The van der Waals surface area contributed by atoms with E-state index in [-0.39, 0.29) is 42.5 Å². The molecule has 0 spiro atoms. The minimum Gasteiger partial charge on any atom is -0.481 e. The molecule has 2 amide bonds. The number of primary amides is 2. The molecule has 6 N–H and O–H groups in total. The van der Waals surface area contributed by atoms with Gasteiger partial charge in [-0.1, -0.05) is 165 Å². The number of carboxylic acids is 2. The van der Waals surface area contributed by atoms with Gasteiger partial charge in [0.05, 0.1) is 17.8 Å². The molecule has 6 aromatic carbocycles. The Morgan fingerprint density at radius 3 is 1.01 bits per heavy atom. The maximum absolute atomic E-state index is 13.0. The molecule has 1 unspecified atom stereocenters. The van der Waals surface area contributed by atoms with E-state index in [1.165, 1.54) is 27.8 Å². The van der Waals surface area contributed by atoms with Crippen molar-refractivity contribution in [3.63, 3.8) is 0 Å². The number of hydrogen-bond donors (Lipinski definition) is 4. The van der Waals surface area contributed by atoms with Gasteiger partial charge in [-0.15, -0.1) is 0 Å². The zero-order chi connectivity index (χ0) is 58.8. The molecular formula is C67H82BN6O8P+4. The molecule has 6 heterocycles. The van der Waals surface area contributed by atoms with Crippen molar-refractivity contribution in [3.8, 4) is 22.3 Å². The first-order valence-electron chi connectivity index (χ1n) is 29.4. The van der Waals surface area contributed by atoms with E-state index in [4.69, 9.17) is 23.6 Å². The maximum atomic E-state index is 13.0. The second-order valence-electron chi connectivity index (χ2n) is 24.6. The number of nitrogens with zero attached hydrogens (tertiary/aromatic N) is 4. The molecule has 432 valence electrons. The number of nitrogens with two attached hydrogens (primary N) is 2. The van der Waals surface area contributed by atoms with Gasteiger partial charge < -0.3 is 44.1 Å². The minimum atomic E-state index is -1.24. The van der Waals surface area contributed by atoms with E-state index in [0.717, 1.165) is 144 Å². The zero-order valence-electron chi connectivity index (χ0n) is 48.3. The normalized spacial score (nSPS) is 23.3. The van der Waals surface area contributed by atoms with E-state index in [9.17, 15) is 34.2 Å². The number of aliphatic carboxylic acids is 2. The molecule has 83 heavy (non-hydrogen) atoms. The van der Waals surface area contributed by atoms with Crippen molar-refractivity contribution in [3.05, 3.63) is 191 Å². The highest BCUT2D eigenvalue weighted by molar-refractivity contribution is 7.77. The Hall–Kier alpha value is -7.00. The van der Waals surface area contributed by atoms with E-state index in [2.05, 4.69) is 91.9 Å². The first-order chi connectivity index (χ1) is 39.8. The van der Waals surface area contributed by atoms with E-state index in [1.54, 1.807) is 6.66 Å². The van der Waals surface area contributed by atoms with E-state index < -0.39 is 31.8 Å². The molecule has 0 saturated carbocycles. The van der Waals surface area contributed by atoms with Crippen LogP contribution in [0.2, 0.25) is 0 Å². The van der Waals surface area contributed by atoms with Crippen LogP contribution in [0.25, 0.3) is 22.3 Å². The van der Waals surface area contributed by atoms with Crippen LogP contribution in [0.3, 0.4) is 0 Å². The quantitative estimate of drug-likeness (QED) is 0.0268. The maximum Gasteiger partial charge on any atom is 0.311 e. The number of amides is 2. The summed E-state index contributed by atoms with van der Waals surface area (Å²) in [5, 5.41) is 19.8. The average molecular weight is 1140 g/mol. The summed E-state index contributed by atoms with van der Waals surface area (Å²) in [5.41, 5.74) is 22.2. The van der Waals surface area contributed by atoms with Gasteiger partial charge in [0.15, 0.2) is 20.7 Å². The van der Waals surface area contributed by atoms with Gasteiger partial charge in [0.1, 0.15) is 91.6 Å². The van der Waals surface area contributed by atoms with Crippen molar-refractivity contribution in [2.45, 2.75) is 45.7 Å². The fourth-order valence-electron chi connectivity index (χ4n) is 13.6. The summed E-state index contributed by atoms with van der Waals surface area (Å²) in [6, 6.07) is 53.4. The number of hydrogen-bond acceptors (Lipinski definition) is 6. The van der Waals surface area contributed by atoms with Gasteiger partial charge in [-0.2, -0.15) is 0 Å². The molecule has 2 radical (unpaired) electrons. The molecule has 12 rings (SSSR count). The summed E-state index contributed by atoms with van der Waals surface area (Å²) in [7, 11) is 4.60. The van der Waals surface area contributed by atoms with Crippen molar-refractivity contribution in [1.82, 2.24) is 0 Å². The molecule has 6 fully saturated rings. The summed E-state index contributed by atoms with van der Waals surface area (Å²) in [5.74, 6) is -4.98. The van der Waals surface area contributed by atoms with Gasteiger partial charge in [-0.25, -0.2) is 0 Å². The molecule has 16 heteroatoms. The van der Waals surface area contributed by atoms with E-state index >= 15 is 0 Å². The number of benzene rings is 6. The molecule has 0 aromatic heterocycles. The Morgan fingerprint density at radius 2 is 0.711 bits per heavy atom. The predicted octanol–water partition coefficient (Wildman–Crippen LogP) is 7.88. The predicted molar refractivity (Wildman–Crippen MR) is 326 cm³/mol. The number of piperazine rings is 6. The summed E-state index contributed by atoms with van der Waals surface area (Å²) in [6.07, 6.45) is 1.75. The van der Waals surface area contributed by atoms with Gasteiger partial charge in [-0.3, -0.25) is 24.0 Å². The number of quaternary nitrogens is 4. The van der Waals surface area contributed by atoms with Crippen molar-refractivity contribution >= 4 is 45.3 Å². The van der Waals surface area contributed by atoms with Crippen molar-refractivity contribution < 1.29 is 56.6 Å². The average Bonchev–Trinajstić information content (AvgIpc) is 2.33. The highest BCUT2D eigenvalue weighted by Gasteiger charge is 2.51. The largest absolute Gasteiger partial charge is 0.481 e. The Balaban J connectivity index is 0.000000200. The van der Waals surface area contributed by atoms with Gasteiger partial charge in [0, 0.05) is 19.2 Å². The molecule has 6 saturated heterocycles. The first kappa shape index (κ1) is 60.6. The minimum absolute atomic E-state index is 0.106. The summed E-state index contributed by atoms with van der Waals surface area (Å²) in [4.78, 5) is 60.2. The summed E-state index contributed by atoms with van der Waals surface area (Å²) < 4.78 is 9.42. The Morgan fingerprint density at radius 1 is 0.434 bits per heavy atom. The molecular weight excluding hydrogens is 1060 g/mol. The fraction of sp³-hybridized carbons (Fsp3) is 0.388. The topological polar surface area (TPSA) is 187 Å². The Bertz CT molecular complexity index is 3140. The third-order valence-electron chi connectivity index (χ3n) is 18.7. The molecule has 14 nitrogen and oxygen atoms in total. The number of carboxylic acid groups (broad SMARTS) is 2. The number of fused-ring (bicyclic) bond motifs is 6. The van der Waals surface area contributed by atoms with Crippen LogP contribution in [0.4, 0.5) is 0 Å². The smallest absolute Gasteiger partial charge is 0.311 e. The fourth-order valence-corrected chi connectivity index (χ4v) is 14.0. The second kappa shape index (κ2) is 26.7. The molecule has 5 atom stereocenters. The lowest BCUT2D eigenvalue weighted by molar-refractivity contribution is -1.08. The standard InChI is InChI=1S/C34H42BN3O3P.C33H37N3O5/c1-26(32(34(40)41-42(2)35)23-27-6-4-3-5-7-27)22-28-8-12-30(13-9-28)31-14-10-29(11-15-31)24-37-16-19-38(20-17-37,21-18-37)25-33(36)39;34-31(37)23-36-17-14-35(15-18-36,16-19-36)22-26-8-12-28(13-9-26)27-10-6-25(7-11-27)21-30(33(40)41)29(32(38)39)20-24-4-2-1-3-5-24/h3-15,26,32H,16-25H2,1-2H3,(H-,36,39);1-13,29-30H,14-23H2,(H2-2,34,37,38,39,40,41)/q+1;/p+3/t26-,32-,37?,38?,42?;29-,30-,35?,36?/m00/s1. The summed E-state index contributed by atoms with van der Waals surface area (Å²) in [6.45, 7) is 19.6. The Labute approximate surface area is 492 Å². The lowest BCUT2D eigenvalue weighted by atomic mass is 9.82. The highest BCUT2D eigenvalue weighted by atomic mass is 31.1. The monoisotopic (exact) mass is 1140 g/mol. The number of carbonyl (C=O) groups is 5. The molecule has 6 aromatic rings. The van der Waals surface area contributed by atoms with Crippen LogP contribution in [0.15, 0.2) is 158 Å². The molecule has 6 aliphatic heterocycles. The van der Waals surface area contributed by atoms with Gasteiger partial charge in [0.2, 0.25) is 0 Å². The van der Waals surface area contributed by atoms with Crippen LogP contribution in [0.1, 0.15) is 40.3 Å². The number of carbonyl (C=O) groups excluding carboxylic acids is 3. The van der Waals surface area contributed by atoms with Crippen LogP contribution in [-0.4, -0.2) is 164 Å². The van der Waals surface area contributed by atoms with E-state index in [0.29, 0.717) is 19.5 Å². The van der Waals surface area contributed by atoms with Crippen LogP contribution >= 0.6 is 8.03 Å². The first-order valence-corrected chi connectivity index (χ1v) is 31.2. The Kier molecular flexibility index (Phi) is 19.5. The molecule has 6 aliphatic rings. The van der Waals surface area contributed by atoms with Crippen LogP contribution in [-0.2, 0) is 67.3 Å². The van der Waals surface area contributed by atoms with Crippen LogP contribution < -0.4 is 11.5 Å². The third kappa shape index (κ3) is 15.8. The zero-order valence-corrected chi connectivity index (χ0v) is 49.2. The van der Waals surface area contributed by atoms with Gasteiger partial charge in [0.25, 0.3) is 11.8 Å². The van der Waals surface area contributed by atoms with Crippen LogP contribution in [0.5, 0.6) is 0 Å². The second-order valence-corrected chi connectivity index (χ2v) is 25.9. The lowest BCUT2D eigenvalue weighted by Crippen LogP contribution is -2.75. The highest BCUT2D eigenvalue weighted by Crippen LogP contribution is 2.34. The van der Waals surface area contributed by atoms with Crippen molar-refractivity contribution in [2.75, 3.05) is 98.3 Å². The van der Waals surface area contributed by atoms with Gasteiger partial charge in [-0.05, 0) is 82.8 Å². The summed E-state index contributed by atoms with van der Waals surface area (Å²) >= 11 is 0. The SMILES string of the molecule is NC(=O)C[N+]12CC[N+](Cc3ccc(-c4ccc(C[C@H](C(=O)O)[C@H](Cc5ccccc5)C(=O)O)cc4)cc3)(CC1)CC2.[B]P(C)OC(=O)[C@@H](Cc1ccccc1)[C@@H](C)Cc1ccc(-c2ccc(C[N+]34CC[N+](CC(N)=O)(CC3)CC4)cc2)cc1. The van der Waals surface area contributed by atoms with E-state index in [1.807, 2.05) is 72.8 Å². The van der Waals surface area contributed by atoms with Gasteiger partial charge >= 0.3 is 17.9 Å². The van der Waals surface area contributed by atoms with Crippen LogP contribution in [0, 0.1) is 23.7 Å². The van der Waals surface area contributed by atoms with Crippen molar-refractivity contribution in [1.29, 1.82) is 0 Å². The third-order valence-corrected chi connectivity index (χ3v) is 19.2. The number of rotatable bonds is 24. The lowest BCUT2D eigenvalue weighted by Gasteiger charge is -2.55. The molecule has 0 aliphatic carbocycles.